The molecule has 0 aliphatic heterocycles. The summed E-state index contributed by atoms with van der Waals surface area (Å²) in [6.07, 6.45) is 4.61. The molecule has 0 amide bonds. The minimum absolute atomic E-state index is 0.453. The number of benzene rings is 1. The summed E-state index contributed by atoms with van der Waals surface area (Å²) < 4.78 is 0. The van der Waals surface area contributed by atoms with Crippen molar-refractivity contribution >= 4 is 17.3 Å². The van der Waals surface area contributed by atoms with Crippen LogP contribution in [0.4, 0.5) is 5.69 Å². The second-order valence-corrected chi connectivity index (χ2v) is 4.88. The first-order valence-corrected chi connectivity index (χ1v) is 6.67. The summed E-state index contributed by atoms with van der Waals surface area (Å²) in [7, 11) is 2.06. The number of hydrogen-bond acceptors (Lipinski definition) is 3. The normalized spacial score (nSPS) is 10.5. The Bertz CT molecular complexity index is 528. The molecule has 0 radical (unpaired) electrons. The molecule has 1 heterocycles. The summed E-state index contributed by atoms with van der Waals surface area (Å²) in [6.45, 7) is 1.37. The Balaban J connectivity index is 2.08. The third-order valence-electron chi connectivity index (χ3n) is 3.19. The lowest BCUT2D eigenvalue weighted by molar-refractivity contribution is 0.864. The first-order chi connectivity index (χ1) is 9.22. The molecule has 1 aromatic heterocycles. The van der Waals surface area contributed by atoms with E-state index in [0.29, 0.717) is 6.54 Å². The molecule has 4 heteroatoms. The van der Waals surface area contributed by atoms with Crippen LogP contribution in [0.3, 0.4) is 0 Å². The quantitative estimate of drug-likeness (QED) is 0.912. The number of nitrogens with two attached hydrogens (primary N) is 1. The topological polar surface area (TPSA) is 42.2 Å². The summed E-state index contributed by atoms with van der Waals surface area (Å²) in [4.78, 5) is 6.21. The van der Waals surface area contributed by atoms with E-state index in [4.69, 9.17) is 17.3 Å². The molecular formula is C15H18ClN3. The Hall–Kier alpha value is -1.58. The van der Waals surface area contributed by atoms with Crippen LogP contribution in [0.1, 0.15) is 11.1 Å². The first-order valence-electron chi connectivity index (χ1n) is 6.30. The standard InChI is InChI=1S/C15H18ClN3/c1-19(10-7-12-5-8-18-9-6-12)15-4-2-3-14(16)13(15)11-17/h2-6,8-9H,7,10-11,17H2,1H3. The number of likely N-dealkylation sites (N-methyl/N-ethyl adjacent to an activating group) is 1. The number of rotatable bonds is 5. The third-order valence-corrected chi connectivity index (χ3v) is 3.55. The lowest BCUT2D eigenvalue weighted by Crippen LogP contribution is -2.22. The third kappa shape index (κ3) is 3.46. The highest BCUT2D eigenvalue weighted by atomic mass is 35.5. The summed E-state index contributed by atoms with van der Waals surface area (Å²) in [5, 5.41) is 0.732. The molecule has 0 unspecified atom stereocenters. The van der Waals surface area contributed by atoms with Crippen LogP contribution in [0.15, 0.2) is 42.7 Å². The Morgan fingerprint density at radius 3 is 2.63 bits per heavy atom. The van der Waals surface area contributed by atoms with E-state index in [1.807, 2.05) is 36.7 Å². The van der Waals surface area contributed by atoms with Gasteiger partial charge in [0.15, 0.2) is 0 Å². The molecule has 0 spiro atoms. The maximum atomic E-state index is 6.18. The van der Waals surface area contributed by atoms with Crippen molar-refractivity contribution in [3.63, 3.8) is 0 Å². The van der Waals surface area contributed by atoms with E-state index in [1.165, 1.54) is 5.56 Å². The van der Waals surface area contributed by atoms with Crippen LogP contribution in [0.25, 0.3) is 0 Å². The predicted molar refractivity (Wildman–Crippen MR) is 80.6 cm³/mol. The first kappa shape index (κ1) is 13.8. The summed E-state index contributed by atoms with van der Waals surface area (Å²) in [5.41, 5.74) is 9.16. The zero-order valence-corrected chi connectivity index (χ0v) is 11.8. The monoisotopic (exact) mass is 275 g/mol. The zero-order valence-electron chi connectivity index (χ0n) is 11.0. The molecule has 0 fully saturated rings. The number of halogens is 1. The van der Waals surface area contributed by atoms with Crippen LogP contribution in [-0.2, 0) is 13.0 Å². The van der Waals surface area contributed by atoms with Crippen molar-refractivity contribution in [1.29, 1.82) is 0 Å². The SMILES string of the molecule is CN(CCc1ccncc1)c1cccc(Cl)c1CN. The van der Waals surface area contributed by atoms with Gasteiger partial charge in [-0.1, -0.05) is 17.7 Å². The van der Waals surface area contributed by atoms with Gasteiger partial charge in [-0.25, -0.2) is 0 Å². The van der Waals surface area contributed by atoms with Crippen molar-refractivity contribution in [2.45, 2.75) is 13.0 Å². The Morgan fingerprint density at radius 2 is 1.95 bits per heavy atom. The van der Waals surface area contributed by atoms with Gasteiger partial charge in [0.05, 0.1) is 0 Å². The zero-order chi connectivity index (χ0) is 13.7. The van der Waals surface area contributed by atoms with Crippen molar-refractivity contribution < 1.29 is 0 Å². The second kappa shape index (κ2) is 6.55. The van der Waals surface area contributed by atoms with Crippen LogP contribution < -0.4 is 10.6 Å². The lowest BCUT2D eigenvalue weighted by atomic mass is 10.1. The smallest absolute Gasteiger partial charge is 0.0471 e. The fraction of sp³-hybridized carbons (Fsp3) is 0.267. The largest absolute Gasteiger partial charge is 0.374 e. The van der Waals surface area contributed by atoms with Gasteiger partial charge in [-0.05, 0) is 36.2 Å². The van der Waals surface area contributed by atoms with E-state index in [2.05, 4.69) is 23.0 Å². The molecule has 0 aliphatic carbocycles. The predicted octanol–water partition coefficient (Wildman–Crippen LogP) is 2.87. The molecular weight excluding hydrogens is 258 g/mol. The maximum absolute atomic E-state index is 6.18. The average Bonchev–Trinajstić information content (AvgIpc) is 2.45. The fourth-order valence-corrected chi connectivity index (χ4v) is 2.32. The Morgan fingerprint density at radius 1 is 1.21 bits per heavy atom. The molecule has 0 saturated heterocycles. The molecule has 0 atom stereocenters. The van der Waals surface area contributed by atoms with E-state index in [1.54, 1.807) is 0 Å². The number of hydrogen-bond donors (Lipinski definition) is 1. The van der Waals surface area contributed by atoms with Crippen LogP contribution >= 0.6 is 11.6 Å². The molecule has 1 aromatic carbocycles. The van der Waals surface area contributed by atoms with E-state index in [9.17, 15) is 0 Å². The summed E-state index contributed by atoms with van der Waals surface area (Å²) in [5.74, 6) is 0. The molecule has 0 bridgehead atoms. The van der Waals surface area contributed by atoms with Crippen LogP contribution in [0.2, 0.25) is 5.02 Å². The number of pyridine rings is 1. The molecule has 2 N–H and O–H groups in total. The van der Waals surface area contributed by atoms with Crippen LogP contribution in [0.5, 0.6) is 0 Å². The van der Waals surface area contributed by atoms with Crippen molar-refractivity contribution in [2.75, 3.05) is 18.5 Å². The summed E-state index contributed by atoms with van der Waals surface area (Å²) >= 11 is 6.18. The summed E-state index contributed by atoms with van der Waals surface area (Å²) in [6, 6.07) is 9.97. The Kier molecular flexibility index (Phi) is 4.77. The molecule has 3 nitrogen and oxygen atoms in total. The highest BCUT2D eigenvalue weighted by Gasteiger charge is 2.09. The van der Waals surface area contributed by atoms with E-state index in [-0.39, 0.29) is 0 Å². The van der Waals surface area contributed by atoms with Gasteiger partial charge in [0.1, 0.15) is 0 Å². The number of aromatic nitrogens is 1. The van der Waals surface area contributed by atoms with Gasteiger partial charge in [-0.15, -0.1) is 0 Å². The van der Waals surface area contributed by atoms with Crippen molar-refractivity contribution in [3.05, 3.63) is 58.9 Å². The van der Waals surface area contributed by atoms with E-state index < -0.39 is 0 Å². The van der Waals surface area contributed by atoms with Gasteiger partial charge in [-0.2, -0.15) is 0 Å². The molecule has 2 aromatic rings. The average molecular weight is 276 g/mol. The van der Waals surface area contributed by atoms with Crippen molar-refractivity contribution in [2.24, 2.45) is 5.73 Å². The minimum Gasteiger partial charge on any atom is -0.374 e. The number of nitrogens with zero attached hydrogens (tertiary/aromatic N) is 2. The van der Waals surface area contributed by atoms with Gasteiger partial charge in [0.25, 0.3) is 0 Å². The van der Waals surface area contributed by atoms with Crippen LogP contribution in [-0.4, -0.2) is 18.6 Å². The molecule has 0 saturated carbocycles. The van der Waals surface area contributed by atoms with Gasteiger partial charge in [0, 0.05) is 48.8 Å². The van der Waals surface area contributed by atoms with Crippen LogP contribution in [0, 0.1) is 0 Å². The van der Waals surface area contributed by atoms with Gasteiger partial charge in [-0.3, -0.25) is 4.98 Å². The highest BCUT2D eigenvalue weighted by Crippen LogP contribution is 2.26. The second-order valence-electron chi connectivity index (χ2n) is 4.47. The molecule has 19 heavy (non-hydrogen) atoms. The van der Waals surface area contributed by atoms with Gasteiger partial charge in [0.2, 0.25) is 0 Å². The van der Waals surface area contributed by atoms with E-state index in [0.717, 1.165) is 29.2 Å². The van der Waals surface area contributed by atoms with Gasteiger partial charge < -0.3 is 10.6 Å². The maximum Gasteiger partial charge on any atom is 0.0471 e. The number of anilines is 1. The van der Waals surface area contributed by atoms with E-state index >= 15 is 0 Å². The highest BCUT2D eigenvalue weighted by molar-refractivity contribution is 6.31. The van der Waals surface area contributed by atoms with Crippen molar-refractivity contribution in [1.82, 2.24) is 4.98 Å². The fourth-order valence-electron chi connectivity index (χ4n) is 2.07. The molecule has 100 valence electrons. The van der Waals surface area contributed by atoms with Gasteiger partial charge >= 0.3 is 0 Å². The van der Waals surface area contributed by atoms with Crippen molar-refractivity contribution in [3.8, 4) is 0 Å². The lowest BCUT2D eigenvalue weighted by Gasteiger charge is -2.22. The minimum atomic E-state index is 0.453. The molecule has 0 aliphatic rings. The molecule has 2 rings (SSSR count). The Labute approximate surface area is 119 Å².